The Hall–Kier alpha value is -4.58. The molecule has 1 aromatic carbocycles. The first-order valence-electron chi connectivity index (χ1n) is 14.2. The summed E-state index contributed by atoms with van der Waals surface area (Å²) in [5.41, 5.74) is 1.11. The van der Waals surface area contributed by atoms with Gasteiger partial charge in [0.15, 0.2) is 17.7 Å². The van der Waals surface area contributed by atoms with Gasteiger partial charge in [-0.3, -0.25) is 0 Å². The molecule has 2 aromatic rings. The van der Waals surface area contributed by atoms with Gasteiger partial charge in [0.05, 0.1) is 11.3 Å². The molecule has 1 spiro atoms. The van der Waals surface area contributed by atoms with Crippen molar-refractivity contribution in [3.05, 3.63) is 65.6 Å². The number of nitrogens with zero attached hydrogens (tertiary/aromatic N) is 3. The molecule has 2 unspecified atom stereocenters. The van der Waals surface area contributed by atoms with E-state index in [-0.39, 0.29) is 23.3 Å². The van der Waals surface area contributed by atoms with E-state index in [4.69, 9.17) is 23.9 Å². The fourth-order valence-corrected chi connectivity index (χ4v) is 5.94. The Morgan fingerprint density at radius 1 is 0.837 bits per heavy atom. The van der Waals surface area contributed by atoms with Crippen LogP contribution in [0.3, 0.4) is 0 Å². The number of anilines is 1. The van der Waals surface area contributed by atoms with Gasteiger partial charge in [-0.25, -0.2) is 28.6 Å². The number of likely N-dealkylation sites (N-methyl/N-ethyl adjacent to an activating group) is 1. The maximum Gasteiger partial charge on any atom is 0.336 e. The van der Waals surface area contributed by atoms with Crippen LogP contribution in [-0.2, 0) is 45.6 Å². The number of fused-ring (bicyclic) bond motifs is 1. The van der Waals surface area contributed by atoms with Crippen molar-refractivity contribution in [2.45, 2.75) is 44.0 Å². The highest BCUT2D eigenvalue weighted by Gasteiger charge is 2.55. The van der Waals surface area contributed by atoms with Crippen LogP contribution in [0.2, 0.25) is 0 Å². The van der Waals surface area contributed by atoms with Gasteiger partial charge in [0, 0.05) is 49.5 Å². The summed E-state index contributed by atoms with van der Waals surface area (Å²) in [6, 6.07) is 5.46. The Balaban J connectivity index is 1.73. The van der Waals surface area contributed by atoms with Crippen LogP contribution in [0, 0.1) is 5.82 Å². The average Bonchev–Trinajstić information content (AvgIpc) is 3.19. The molecule has 2 bridgehead atoms. The van der Waals surface area contributed by atoms with Gasteiger partial charge in [0.1, 0.15) is 5.82 Å². The van der Waals surface area contributed by atoms with Crippen LogP contribution in [-0.4, -0.2) is 73.1 Å². The third-order valence-corrected chi connectivity index (χ3v) is 7.94. The van der Waals surface area contributed by atoms with E-state index >= 15 is 0 Å². The van der Waals surface area contributed by atoms with E-state index in [1.165, 1.54) is 24.3 Å². The molecule has 1 fully saturated rings. The molecule has 4 aliphatic rings. The molecule has 4 heterocycles. The number of rotatable bonds is 2. The zero-order chi connectivity index (χ0) is 30.1. The van der Waals surface area contributed by atoms with Gasteiger partial charge in [-0.2, -0.15) is 0 Å². The molecule has 12 heteroatoms. The number of aryl methyl sites for hydroxylation is 1. The van der Waals surface area contributed by atoms with E-state index in [1.807, 2.05) is 11.9 Å². The van der Waals surface area contributed by atoms with Crippen molar-refractivity contribution >= 4 is 29.7 Å². The third kappa shape index (κ3) is 5.62. The van der Waals surface area contributed by atoms with Crippen LogP contribution in [0.4, 0.5) is 10.2 Å². The summed E-state index contributed by atoms with van der Waals surface area (Å²) >= 11 is 0. The lowest BCUT2D eigenvalue weighted by molar-refractivity contribution is -0.270. The second-order valence-electron chi connectivity index (χ2n) is 10.9. The van der Waals surface area contributed by atoms with Crippen LogP contribution < -0.4 is 9.64 Å². The standard InChI is InChI=1S/C31H30FN3O8/c1-34-15-4-16-35(18-17-34)30-29-27(19-7-9-20(32)10-8-19)28-21(33-30)5-2-3-6-22-31(28,42-25(38)13-11-23(36)40-22)43-26(39)14-12-24(37)41-29/h7-14,22H,2-6,15-18H2,1H3/b13-11-,14-12-. The lowest BCUT2D eigenvalue weighted by atomic mass is 9.83. The summed E-state index contributed by atoms with van der Waals surface area (Å²) in [6.07, 6.45) is 4.86. The molecule has 1 aromatic heterocycles. The summed E-state index contributed by atoms with van der Waals surface area (Å²) in [7, 11) is 2.02. The van der Waals surface area contributed by atoms with Gasteiger partial charge in [-0.15, -0.1) is 0 Å². The van der Waals surface area contributed by atoms with E-state index in [9.17, 15) is 23.6 Å². The number of carbonyl (C=O) groups is 4. The summed E-state index contributed by atoms with van der Waals surface area (Å²) in [5.74, 6) is -6.07. The predicted octanol–water partition coefficient (Wildman–Crippen LogP) is 2.95. The van der Waals surface area contributed by atoms with Crippen molar-refractivity contribution < 1.29 is 42.5 Å². The molecule has 0 saturated carbocycles. The second kappa shape index (κ2) is 11.6. The molecule has 1 aliphatic carbocycles. The predicted molar refractivity (Wildman–Crippen MR) is 149 cm³/mol. The Labute approximate surface area is 246 Å². The highest BCUT2D eigenvalue weighted by atomic mass is 19.1. The number of pyridine rings is 1. The molecule has 0 N–H and O–H groups in total. The van der Waals surface area contributed by atoms with Crippen molar-refractivity contribution in [2.24, 2.45) is 0 Å². The van der Waals surface area contributed by atoms with Crippen LogP contribution >= 0.6 is 0 Å². The van der Waals surface area contributed by atoms with Crippen molar-refractivity contribution in [3.63, 3.8) is 0 Å². The summed E-state index contributed by atoms with van der Waals surface area (Å²) in [4.78, 5) is 61.4. The number of hydrogen-bond acceptors (Lipinski definition) is 11. The lowest BCUT2D eigenvalue weighted by Crippen LogP contribution is -2.51. The van der Waals surface area contributed by atoms with Gasteiger partial charge in [-0.05, 0) is 63.4 Å². The highest BCUT2D eigenvalue weighted by molar-refractivity contribution is 5.97. The fraction of sp³-hybridized carbons (Fsp3) is 0.387. The minimum atomic E-state index is -2.30. The van der Waals surface area contributed by atoms with E-state index < -0.39 is 41.6 Å². The number of benzene rings is 1. The minimum absolute atomic E-state index is 0.0289. The quantitative estimate of drug-likeness (QED) is 0.479. The van der Waals surface area contributed by atoms with E-state index in [1.54, 1.807) is 0 Å². The molecular weight excluding hydrogens is 561 g/mol. The molecule has 1 saturated heterocycles. The van der Waals surface area contributed by atoms with Crippen molar-refractivity contribution in [1.82, 2.24) is 9.88 Å². The number of aromatic nitrogens is 1. The van der Waals surface area contributed by atoms with Crippen LogP contribution in [0.25, 0.3) is 11.1 Å². The maximum absolute atomic E-state index is 14.2. The van der Waals surface area contributed by atoms with Crippen molar-refractivity contribution in [3.8, 4) is 16.9 Å². The first kappa shape index (κ1) is 28.5. The summed E-state index contributed by atoms with van der Waals surface area (Å²) in [6.45, 7) is 2.77. The molecule has 6 rings (SSSR count). The molecule has 0 radical (unpaired) electrons. The molecule has 0 amide bonds. The first-order chi connectivity index (χ1) is 20.7. The molecule has 2 atom stereocenters. The lowest BCUT2D eigenvalue weighted by Gasteiger charge is -2.42. The third-order valence-electron chi connectivity index (χ3n) is 7.94. The first-order valence-corrected chi connectivity index (χ1v) is 14.2. The SMILES string of the molecule is CN1CCCN(c2nc3c4c(-c5ccc(F)cc5)c2OC(=O)/C=C\C(=O)OC42OC(=O)/C=C\C(=O)OC2CCCC3)CC1. The number of esters is 4. The van der Waals surface area contributed by atoms with Gasteiger partial charge in [-0.1, -0.05) is 12.1 Å². The van der Waals surface area contributed by atoms with Crippen molar-refractivity contribution in [2.75, 3.05) is 38.1 Å². The molecule has 11 nitrogen and oxygen atoms in total. The summed E-state index contributed by atoms with van der Waals surface area (Å²) < 4.78 is 37.9. The Bertz CT molecular complexity index is 1540. The Kier molecular flexibility index (Phi) is 7.70. The zero-order valence-corrected chi connectivity index (χ0v) is 23.5. The number of ether oxygens (including phenoxy) is 4. The Morgan fingerprint density at radius 2 is 1.53 bits per heavy atom. The maximum atomic E-state index is 14.2. The van der Waals surface area contributed by atoms with E-state index in [0.717, 1.165) is 43.8 Å². The van der Waals surface area contributed by atoms with Gasteiger partial charge >= 0.3 is 29.7 Å². The van der Waals surface area contributed by atoms with Crippen LogP contribution in [0.15, 0.2) is 48.6 Å². The smallest absolute Gasteiger partial charge is 0.336 e. The highest BCUT2D eigenvalue weighted by Crippen LogP contribution is 2.51. The Morgan fingerprint density at radius 3 is 2.28 bits per heavy atom. The zero-order valence-electron chi connectivity index (χ0n) is 23.5. The van der Waals surface area contributed by atoms with Crippen LogP contribution in [0.1, 0.15) is 36.9 Å². The molecule has 43 heavy (non-hydrogen) atoms. The minimum Gasteiger partial charge on any atom is -0.450 e. The largest absolute Gasteiger partial charge is 0.450 e. The fourth-order valence-electron chi connectivity index (χ4n) is 5.94. The van der Waals surface area contributed by atoms with Gasteiger partial charge in [0.2, 0.25) is 0 Å². The average molecular weight is 592 g/mol. The number of halogens is 1. The molecule has 3 aliphatic heterocycles. The number of hydrogen-bond donors (Lipinski definition) is 0. The van der Waals surface area contributed by atoms with Crippen molar-refractivity contribution in [1.29, 1.82) is 0 Å². The second-order valence-corrected chi connectivity index (χ2v) is 10.9. The topological polar surface area (TPSA) is 125 Å². The van der Waals surface area contributed by atoms with Gasteiger partial charge < -0.3 is 28.7 Å². The summed E-state index contributed by atoms with van der Waals surface area (Å²) in [5, 5.41) is 0. The molecular formula is C31H30FN3O8. The van der Waals surface area contributed by atoms with Gasteiger partial charge in [0.25, 0.3) is 0 Å². The monoisotopic (exact) mass is 591 g/mol. The molecule has 224 valence electrons. The number of carbonyl (C=O) groups excluding carboxylic acids is 4. The van der Waals surface area contributed by atoms with E-state index in [0.29, 0.717) is 49.4 Å². The normalized spacial score (nSPS) is 26.1. The van der Waals surface area contributed by atoms with E-state index in [2.05, 4.69) is 4.90 Å². The van der Waals surface area contributed by atoms with Crippen LogP contribution in [0.5, 0.6) is 5.75 Å².